The van der Waals surface area contributed by atoms with E-state index in [2.05, 4.69) is 36.1 Å². The number of ether oxygens (including phenoxy) is 1. The van der Waals surface area contributed by atoms with Gasteiger partial charge in [-0.05, 0) is 30.7 Å². The number of aromatic nitrogens is 2. The lowest BCUT2D eigenvalue weighted by Gasteiger charge is -2.14. The maximum atomic E-state index is 6.11. The molecule has 1 aromatic heterocycles. The molecule has 1 fully saturated rings. The maximum Gasteiger partial charge on any atom is 0.229 e. The Morgan fingerprint density at radius 2 is 2.00 bits per heavy atom. The molecule has 4 heteroatoms. The maximum absolute atomic E-state index is 6.11. The standard InChI is InChI=1S/C18H24N2O2/c1-14(2)8-9-16-19-17(22-20-16)12-18(10-11-18)21-13-15-6-4-3-5-7-15/h3-7,14H,8-13H2,1-2H3. The van der Waals surface area contributed by atoms with E-state index >= 15 is 0 Å². The second-order valence-electron chi connectivity index (χ2n) is 6.67. The summed E-state index contributed by atoms with van der Waals surface area (Å²) in [5, 5.41) is 4.08. The number of aryl methyl sites for hydroxylation is 1. The molecule has 0 N–H and O–H groups in total. The Labute approximate surface area is 131 Å². The van der Waals surface area contributed by atoms with Crippen molar-refractivity contribution in [1.82, 2.24) is 10.1 Å². The van der Waals surface area contributed by atoms with Crippen LogP contribution in [0.15, 0.2) is 34.9 Å². The zero-order valence-electron chi connectivity index (χ0n) is 13.4. The van der Waals surface area contributed by atoms with E-state index in [1.165, 1.54) is 5.56 Å². The van der Waals surface area contributed by atoms with Gasteiger partial charge in [-0.15, -0.1) is 0 Å². The quantitative estimate of drug-likeness (QED) is 0.740. The van der Waals surface area contributed by atoms with Gasteiger partial charge >= 0.3 is 0 Å². The number of hydrogen-bond donors (Lipinski definition) is 0. The molecule has 2 aromatic rings. The van der Waals surface area contributed by atoms with Crippen molar-refractivity contribution < 1.29 is 9.26 Å². The van der Waals surface area contributed by atoms with Crippen LogP contribution in [-0.4, -0.2) is 15.7 Å². The fourth-order valence-electron chi connectivity index (χ4n) is 2.48. The highest BCUT2D eigenvalue weighted by Crippen LogP contribution is 2.42. The van der Waals surface area contributed by atoms with Gasteiger partial charge in [0.25, 0.3) is 0 Å². The molecule has 1 aliphatic carbocycles. The third-order valence-electron chi connectivity index (χ3n) is 4.12. The minimum absolute atomic E-state index is 0.0856. The molecule has 0 radical (unpaired) electrons. The van der Waals surface area contributed by atoms with Crippen molar-refractivity contribution in [2.45, 2.75) is 58.2 Å². The predicted octanol–water partition coefficient (Wildman–Crippen LogP) is 3.95. The third-order valence-corrected chi connectivity index (χ3v) is 4.12. The van der Waals surface area contributed by atoms with Crippen LogP contribution in [0.3, 0.4) is 0 Å². The van der Waals surface area contributed by atoms with E-state index in [0.717, 1.165) is 37.9 Å². The number of benzene rings is 1. The number of rotatable bonds is 8. The van der Waals surface area contributed by atoms with Crippen molar-refractivity contribution in [3.8, 4) is 0 Å². The molecule has 4 nitrogen and oxygen atoms in total. The highest BCUT2D eigenvalue weighted by atomic mass is 16.5. The van der Waals surface area contributed by atoms with Crippen molar-refractivity contribution in [1.29, 1.82) is 0 Å². The van der Waals surface area contributed by atoms with Crippen molar-refractivity contribution in [3.05, 3.63) is 47.6 Å². The molecule has 3 rings (SSSR count). The largest absolute Gasteiger partial charge is 0.370 e. The lowest BCUT2D eigenvalue weighted by Crippen LogP contribution is -2.17. The summed E-state index contributed by atoms with van der Waals surface area (Å²) in [4.78, 5) is 4.50. The molecule has 0 atom stereocenters. The molecule has 1 saturated carbocycles. The fraction of sp³-hybridized carbons (Fsp3) is 0.556. The van der Waals surface area contributed by atoms with Crippen molar-refractivity contribution >= 4 is 0 Å². The van der Waals surface area contributed by atoms with Crippen LogP contribution in [-0.2, 0) is 24.2 Å². The van der Waals surface area contributed by atoms with Crippen LogP contribution in [0.4, 0.5) is 0 Å². The zero-order valence-corrected chi connectivity index (χ0v) is 13.4. The Hall–Kier alpha value is -1.68. The molecule has 0 spiro atoms. The lowest BCUT2D eigenvalue weighted by molar-refractivity contribution is 0.0155. The summed E-state index contributed by atoms with van der Waals surface area (Å²) in [7, 11) is 0. The number of hydrogen-bond acceptors (Lipinski definition) is 4. The van der Waals surface area contributed by atoms with Crippen LogP contribution in [0.25, 0.3) is 0 Å². The summed E-state index contributed by atoms with van der Waals surface area (Å²) in [5.74, 6) is 2.19. The summed E-state index contributed by atoms with van der Waals surface area (Å²) in [5.41, 5.74) is 1.12. The molecule has 118 valence electrons. The van der Waals surface area contributed by atoms with Gasteiger partial charge in [0.15, 0.2) is 5.82 Å². The van der Waals surface area contributed by atoms with E-state index in [-0.39, 0.29) is 5.60 Å². The first-order valence-electron chi connectivity index (χ1n) is 8.15. The van der Waals surface area contributed by atoms with Crippen LogP contribution in [0.5, 0.6) is 0 Å². The molecule has 1 aliphatic rings. The van der Waals surface area contributed by atoms with Crippen molar-refractivity contribution in [3.63, 3.8) is 0 Å². The normalized spacial score (nSPS) is 16.1. The van der Waals surface area contributed by atoms with Gasteiger partial charge < -0.3 is 9.26 Å². The summed E-state index contributed by atoms with van der Waals surface area (Å²) in [6.45, 7) is 5.06. The molecular weight excluding hydrogens is 276 g/mol. The first kappa shape index (κ1) is 15.2. The fourth-order valence-corrected chi connectivity index (χ4v) is 2.48. The zero-order chi connectivity index (χ0) is 15.4. The minimum Gasteiger partial charge on any atom is -0.370 e. The van der Waals surface area contributed by atoms with Gasteiger partial charge in [-0.3, -0.25) is 0 Å². The average Bonchev–Trinajstić information content (AvgIpc) is 3.14. The molecule has 0 unspecified atom stereocenters. The second kappa shape index (κ2) is 6.61. The molecule has 1 aromatic carbocycles. The van der Waals surface area contributed by atoms with Gasteiger partial charge in [0.1, 0.15) is 0 Å². The van der Waals surface area contributed by atoms with Gasteiger partial charge in [-0.25, -0.2) is 0 Å². The van der Waals surface area contributed by atoms with Crippen LogP contribution < -0.4 is 0 Å². The second-order valence-corrected chi connectivity index (χ2v) is 6.67. The SMILES string of the molecule is CC(C)CCc1noc(CC2(OCc3ccccc3)CC2)n1. The lowest BCUT2D eigenvalue weighted by atomic mass is 10.1. The summed E-state index contributed by atoms with van der Waals surface area (Å²) < 4.78 is 11.5. The average molecular weight is 300 g/mol. The molecule has 0 saturated heterocycles. The first-order chi connectivity index (χ1) is 10.7. The molecular formula is C18H24N2O2. The van der Waals surface area contributed by atoms with E-state index in [9.17, 15) is 0 Å². The first-order valence-corrected chi connectivity index (χ1v) is 8.15. The van der Waals surface area contributed by atoms with E-state index in [4.69, 9.17) is 9.26 Å². The van der Waals surface area contributed by atoms with Crippen LogP contribution in [0.1, 0.15) is 50.4 Å². The Kier molecular flexibility index (Phi) is 4.57. The molecule has 0 amide bonds. The summed E-state index contributed by atoms with van der Waals surface area (Å²) in [6, 6.07) is 10.3. The van der Waals surface area contributed by atoms with Crippen molar-refractivity contribution in [2.75, 3.05) is 0 Å². The van der Waals surface area contributed by atoms with Crippen LogP contribution in [0, 0.1) is 5.92 Å². The Morgan fingerprint density at radius 3 is 2.68 bits per heavy atom. The summed E-state index contributed by atoms with van der Waals surface area (Å²) >= 11 is 0. The Bertz CT molecular complexity index is 588. The van der Waals surface area contributed by atoms with Gasteiger partial charge in [-0.1, -0.05) is 49.3 Å². The third kappa shape index (κ3) is 4.17. The molecule has 1 heterocycles. The monoisotopic (exact) mass is 300 g/mol. The van der Waals surface area contributed by atoms with Gasteiger partial charge in [0.05, 0.1) is 18.6 Å². The van der Waals surface area contributed by atoms with E-state index in [0.29, 0.717) is 18.4 Å². The van der Waals surface area contributed by atoms with Crippen LogP contribution >= 0.6 is 0 Å². The Balaban J connectivity index is 1.52. The summed E-state index contributed by atoms with van der Waals surface area (Å²) in [6.07, 6.45) is 4.86. The van der Waals surface area contributed by atoms with E-state index < -0.39 is 0 Å². The highest BCUT2D eigenvalue weighted by Gasteiger charge is 2.45. The topological polar surface area (TPSA) is 48.2 Å². The van der Waals surface area contributed by atoms with Crippen molar-refractivity contribution in [2.24, 2.45) is 5.92 Å². The van der Waals surface area contributed by atoms with Crippen LogP contribution in [0.2, 0.25) is 0 Å². The van der Waals surface area contributed by atoms with E-state index in [1.807, 2.05) is 18.2 Å². The smallest absolute Gasteiger partial charge is 0.229 e. The van der Waals surface area contributed by atoms with Gasteiger partial charge in [-0.2, -0.15) is 4.98 Å². The number of nitrogens with zero attached hydrogens (tertiary/aromatic N) is 2. The van der Waals surface area contributed by atoms with Gasteiger partial charge in [0, 0.05) is 6.42 Å². The molecule has 0 aliphatic heterocycles. The van der Waals surface area contributed by atoms with Gasteiger partial charge in [0.2, 0.25) is 5.89 Å². The van der Waals surface area contributed by atoms with E-state index in [1.54, 1.807) is 0 Å². The molecule has 0 bridgehead atoms. The predicted molar refractivity (Wildman–Crippen MR) is 84.4 cm³/mol. The highest BCUT2D eigenvalue weighted by molar-refractivity contribution is 5.14. The minimum atomic E-state index is -0.0856. The molecule has 22 heavy (non-hydrogen) atoms. The Morgan fingerprint density at radius 1 is 1.23 bits per heavy atom.